The Morgan fingerprint density at radius 1 is 0.659 bits per heavy atom. The fourth-order valence-electron chi connectivity index (χ4n) is 7.28. The summed E-state index contributed by atoms with van der Waals surface area (Å²) >= 11 is 0. The Labute approximate surface area is 268 Å². The summed E-state index contributed by atoms with van der Waals surface area (Å²) in [5.74, 6) is -0.123. The molecule has 0 bridgehead atoms. The summed E-state index contributed by atoms with van der Waals surface area (Å²) in [6, 6.07) is 0. The van der Waals surface area contributed by atoms with Crippen LogP contribution >= 0.6 is 0 Å². The molecule has 0 aromatic carbocycles. The number of rotatable bonds is 25. The van der Waals surface area contributed by atoms with Crippen LogP contribution in [0.2, 0.25) is 0 Å². The fourth-order valence-corrected chi connectivity index (χ4v) is 7.28. The van der Waals surface area contributed by atoms with Crippen LogP contribution in [0.5, 0.6) is 0 Å². The van der Waals surface area contributed by atoms with Crippen molar-refractivity contribution in [2.24, 2.45) is 0 Å². The van der Waals surface area contributed by atoms with Gasteiger partial charge in [-0.1, -0.05) is 90.4 Å². The zero-order valence-electron chi connectivity index (χ0n) is 28.1. The largest absolute Gasteiger partial charge is 0.455 e. The third-order valence-corrected chi connectivity index (χ3v) is 10.1. The molecule has 2 fully saturated rings. The van der Waals surface area contributed by atoms with Crippen molar-refractivity contribution >= 4 is 5.97 Å². The summed E-state index contributed by atoms with van der Waals surface area (Å²) in [5, 5.41) is 31.6. The number of hydrogen-bond acceptors (Lipinski definition) is 7. The first-order valence-corrected chi connectivity index (χ1v) is 18.6. The van der Waals surface area contributed by atoms with Gasteiger partial charge in [-0.05, 0) is 83.6 Å². The molecule has 0 saturated carbocycles. The van der Waals surface area contributed by atoms with E-state index in [1.165, 1.54) is 64.2 Å². The highest BCUT2D eigenvalue weighted by atomic mass is 16.6. The van der Waals surface area contributed by atoms with E-state index in [9.17, 15) is 20.1 Å². The third-order valence-electron chi connectivity index (χ3n) is 10.1. The Hall–Kier alpha value is -0.990. The lowest BCUT2D eigenvalue weighted by Gasteiger charge is -2.24. The molecule has 3 aliphatic rings. The van der Waals surface area contributed by atoms with Crippen molar-refractivity contribution in [2.75, 3.05) is 0 Å². The number of aliphatic hydroxyl groups excluding tert-OH is 3. The zero-order chi connectivity index (χ0) is 31.6. The molecule has 8 atom stereocenters. The molecule has 0 amide bonds. The van der Waals surface area contributed by atoms with Crippen LogP contribution in [-0.4, -0.2) is 70.1 Å². The SMILES string of the molecule is CCCCCCC(O)CCC[C@H](O)[C@H]1CC[C@H]([C@H]2CC[C@H]([C@H](O)CCCCCCCCCCCCC3=C[C@H](C)OC3=O)O2)O1. The predicted octanol–water partition coefficient (Wildman–Crippen LogP) is 7.86. The molecule has 0 radical (unpaired) electrons. The Balaban J connectivity index is 1.13. The van der Waals surface area contributed by atoms with E-state index in [0.29, 0.717) is 6.42 Å². The Kier molecular flexibility index (Phi) is 18.5. The zero-order valence-corrected chi connectivity index (χ0v) is 28.1. The molecule has 256 valence electrons. The average molecular weight is 623 g/mol. The molecule has 3 heterocycles. The van der Waals surface area contributed by atoms with Crippen LogP contribution in [0, 0.1) is 0 Å². The number of cyclic esters (lactones) is 1. The highest BCUT2D eigenvalue weighted by molar-refractivity contribution is 5.90. The summed E-state index contributed by atoms with van der Waals surface area (Å²) in [4.78, 5) is 11.6. The minimum atomic E-state index is -0.479. The predicted molar refractivity (Wildman–Crippen MR) is 175 cm³/mol. The summed E-state index contributed by atoms with van der Waals surface area (Å²) in [7, 11) is 0. The van der Waals surface area contributed by atoms with Gasteiger partial charge in [-0.3, -0.25) is 0 Å². The molecular formula is C37H66O7. The van der Waals surface area contributed by atoms with Crippen molar-refractivity contribution < 1.29 is 34.3 Å². The quantitative estimate of drug-likeness (QED) is 0.0703. The molecule has 2 saturated heterocycles. The molecule has 0 spiro atoms. The number of aliphatic hydroxyl groups is 3. The maximum absolute atomic E-state index is 11.6. The van der Waals surface area contributed by atoms with Gasteiger partial charge in [-0.15, -0.1) is 0 Å². The van der Waals surface area contributed by atoms with Crippen molar-refractivity contribution in [1.82, 2.24) is 0 Å². The van der Waals surface area contributed by atoms with Gasteiger partial charge in [0.25, 0.3) is 0 Å². The fraction of sp³-hybridized carbons (Fsp3) is 0.919. The first kappa shape index (κ1) is 37.5. The van der Waals surface area contributed by atoms with Gasteiger partial charge in [0.05, 0.1) is 42.7 Å². The lowest BCUT2D eigenvalue weighted by atomic mass is 9.99. The second kappa shape index (κ2) is 21.7. The maximum atomic E-state index is 11.6. The van der Waals surface area contributed by atoms with E-state index in [1.54, 1.807) is 0 Å². The lowest BCUT2D eigenvalue weighted by Crippen LogP contribution is -2.33. The normalized spacial score (nSPS) is 27.4. The maximum Gasteiger partial charge on any atom is 0.334 e. The van der Waals surface area contributed by atoms with Gasteiger partial charge >= 0.3 is 5.97 Å². The second-order valence-corrected chi connectivity index (χ2v) is 14.0. The highest BCUT2D eigenvalue weighted by Gasteiger charge is 2.40. The molecular weight excluding hydrogens is 556 g/mol. The average Bonchev–Trinajstić information content (AvgIpc) is 3.76. The van der Waals surface area contributed by atoms with Crippen LogP contribution in [0.3, 0.4) is 0 Å². The Morgan fingerprint density at radius 3 is 1.68 bits per heavy atom. The van der Waals surface area contributed by atoms with Crippen molar-refractivity contribution in [3.63, 3.8) is 0 Å². The van der Waals surface area contributed by atoms with Crippen LogP contribution < -0.4 is 0 Å². The van der Waals surface area contributed by atoms with Crippen LogP contribution in [0.15, 0.2) is 11.6 Å². The number of unbranched alkanes of at least 4 members (excludes halogenated alkanes) is 12. The van der Waals surface area contributed by atoms with E-state index in [-0.39, 0.29) is 42.6 Å². The monoisotopic (exact) mass is 622 g/mol. The highest BCUT2D eigenvalue weighted by Crippen LogP contribution is 2.34. The van der Waals surface area contributed by atoms with Gasteiger partial charge < -0.3 is 29.5 Å². The van der Waals surface area contributed by atoms with Crippen molar-refractivity contribution in [3.05, 3.63) is 11.6 Å². The summed E-state index contributed by atoms with van der Waals surface area (Å²) in [6.45, 7) is 4.11. The van der Waals surface area contributed by atoms with E-state index in [4.69, 9.17) is 14.2 Å². The molecule has 44 heavy (non-hydrogen) atoms. The van der Waals surface area contributed by atoms with Gasteiger partial charge in [0.15, 0.2) is 0 Å². The van der Waals surface area contributed by atoms with Crippen LogP contribution in [0.1, 0.15) is 168 Å². The molecule has 3 aliphatic heterocycles. The lowest BCUT2D eigenvalue weighted by molar-refractivity contribution is -0.139. The molecule has 1 unspecified atom stereocenters. The van der Waals surface area contributed by atoms with Gasteiger partial charge in [-0.2, -0.15) is 0 Å². The Morgan fingerprint density at radius 2 is 1.14 bits per heavy atom. The van der Waals surface area contributed by atoms with E-state index in [0.717, 1.165) is 89.0 Å². The smallest absolute Gasteiger partial charge is 0.334 e. The number of ether oxygens (including phenoxy) is 3. The first-order chi connectivity index (χ1) is 21.4. The molecule has 0 aromatic rings. The molecule has 7 heteroatoms. The van der Waals surface area contributed by atoms with Gasteiger partial charge in [0, 0.05) is 5.57 Å². The molecule has 3 N–H and O–H groups in total. The van der Waals surface area contributed by atoms with Crippen molar-refractivity contribution in [3.8, 4) is 0 Å². The molecule has 0 aromatic heterocycles. The van der Waals surface area contributed by atoms with Crippen molar-refractivity contribution in [1.29, 1.82) is 0 Å². The van der Waals surface area contributed by atoms with Crippen LogP contribution in [0.4, 0.5) is 0 Å². The minimum absolute atomic E-state index is 0.0170. The van der Waals surface area contributed by atoms with Gasteiger partial charge in [0.1, 0.15) is 6.10 Å². The standard InChI is InChI=1S/C37H66O7/c1-3-4-5-15-19-30(38)20-17-22-32(40)34-24-26-36(44-34)35-25-23-33(43-35)31(39)21-16-13-11-9-7-6-8-10-12-14-18-29-27-28(2)42-37(29)41/h27-28,30-36,38-40H,3-26H2,1-2H3/t28-,30?,31+,32-,33+,34+,35+,36+/m0/s1. The van der Waals surface area contributed by atoms with Gasteiger partial charge in [-0.25, -0.2) is 4.79 Å². The van der Waals surface area contributed by atoms with E-state index < -0.39 is 12.2 Å². The van der Waals surface area contributed by atoms with Crippen molar-refractivity contribution in [2.45, 2.75) is 217 Å². The van der Waals surface area contributed by atoms with Crippen LogP contribution in [-0.2, 0) is 19.0 Å². The number of esters is 1. The Bertz CT molecular complexity index is 801. The number of hydrogen-bond donors (Lipinski definition) is 3. The molecule has 0 aliphatic carbocycles. The minimum Gasteiger partial charge on any atom is -0.455 e. The van der Waals surface area contributed by atoms with Crippen LogP contribution in [0.25, 0.3) is 0 Å². The summed E-state index contributed by atoms with van der Waals surface area (Å²) < 4.78 is 17.7. The topological polar surface area (TPSA) is 105 Å². The first-order valence-electron chi connectivity index (χ1n) is 18.6. The van der Waals surface area contributed by atoms with E-state index >= 15 is 0 Å². The number of carbonyl (C=O) groups is 1. The molecule has 7 nitrogen and oxygen atoms in total. The summed E-state index contributed by atoms with van der Waals surface area (Å²) in [6.07, 6.45) is 25.7. The van der Waals surface area contributed by atoms with E-state index in [1.807, 2.05) is 13.0 Å². The number of carbonyl (C=O) groups excluding carboxylic acids is 1. The third kappa shape index (κ3) is 14.2. The second-order valence-electron chi connectivity index (χ2n) is 14.0. The summed E-state index contributed by atoms with van der Waals surface area (Å²) in [5.41, 5.74) is 0.863. The molecule has 3 rings (SSSR count). The van der Waals surface area contributed by atoms with E-state index in [2.05, 4.69) is 6.92 Å². The van der Waals surface area contributed by atoms with Gasteiger partial charge in [0.2, 0.25) is 0 Å².